The van der Waals surface area contributed by atoms with Crippen molar-refractivity contribution in [1.29, 1.82) is 0 Å². The van der Waals surface area contributed by atoms with Crippen LogP contribution in [0, 0.1) is 5.92 Å². The van der Waals surface area contributed by atoms with Crippen molar-refractivity contribution >= 4 is 33.6 Å². The zero-order chi connectivity index (χ0) is 24.9. The summed E-state index contributed by atoms with van der Waals surface area (Å²) in [6, 6.07) is 15.9. The maximum absolute atomic E-state index is 13.4. The summed E-state index contributed by atoms with van der Waals surface area (Å²) >= 11 is 3.52. The van der Waals surface area contributed by atoms with Crippen molar-refractivity contribution in [3.8, 4) is 5.75 Å². The smallest absolute Gasteiger partial charge is 0.321 e. The molecule has 0 aliphatic carbocycles. The van der Waals surface area contributed by atoms with Gasteiger partial charge in [0.05, 0.1) is 13.7 Å². The number of rotatable bonds is 6. The molecule has 0 radical (unpaired) electrons. The van der Waals surface area contributed by atoms with Crippen molar-refractivity contribution in [1.82, 2.24) is 9.80 Å². The van der Waals surface area contributed by atoms with Crippen LogP contribution in [-0.2, 0) is 9.53 Å². The molecule has 4 atom stereocenters. The van der Waals surface area contributed by atoms with Gasteiger partial charge in [0.15, 0.2) is 0 Å². The van der Waals surface area contributed by atoms with E-state index in [0.29, 0.717) is 31.9 Å². The molecule has 0 saturated carbocycles. The standard InChI is InChI=1S/C26H33BrN4O4/c1-17(32)35-16-18-11-12-31-23(13-28)25(19-3-5-20(27)6-4-19)24(31)15-30(14-18)26(33)29-21-7-9-22(34-2)10-8-21/h3-10,18,23-25H,11-16,28H2,1-2H3,(H,29,33)/t18?,23-,24+,25+/m1/s1. The topological polar surface area (TPSA) is 97.1 Å². The van der Waals surface area contributed by atoms with Gasteiger partial charge in [-0.15, -0.1) is 0 Å². The van der Waals surface area contributed by atoms with E-state index >= 15 is 0 Å². The first-order valence-electron chi connectivity index (χ1n) is 11.9. The van der Waals surface area contributed by atoms with Crippen LogP contribution >= 0.6 is 15.9 Å². The second kappa shape index (κ2) is 11.4. The van der Waals surface area contributed by atoms with E-state index in [1.54, 1.807) is 7.11 Å². The predicted octanol–water partition coefficient (Wildman–Crippen LogP) is 3.67. The van der Waals surface area contributed by atoms with Gasteiger partial charge in [-0.2, -0.15) is 0 Å². The third-order valence-electron chi connectivity index (χ3n) is 7.01. The maximum Gasteiger partial charge on any atom is 0.321 e. The molecule has 2 aliphatic heterocycles. The first kappa shape index (κ1) is 25.5. The van der Waals surface area contributed by atoms with E-state index in [1.807, 2.05) is 29.2 Å². The minimum absolute atomic E-state index is 0.0478. The number of benzene rings is 2. The summed E-state index contributed by atoms with van der Waals surface area (Å²) in [7, 11) is 1.61. The fourth-order valence-electron chi connectivity index (χ4n) is 5.22. The maximum atomic E-state index is 13.4. The van der Waals surface area contributed by atoms with Gasteiger partial charge in [-0.1, -0.05) is 28.1 Å². The molecule has 0 bridgehead atoms. The Hall–Kier alpha value is -2.62. The highest BCUT2D eigenvalue weighted by atomic mass is 79.9. The molecule has 2 fully saturated rings. The number of nitrogens with one attached hydrogen (secondary N) is 1. The summed E-state index contributed by atoms with van der Waals surface area (Å²) in [5.41, 5.74) is 8.15. The first-order chi connectivity index (χ1) is 16.9. The Morgan fingerprint density at radius 3 is 2.46 bits per heavy atom. The molecule has 0 aromatic heterocycles. The van der Waals surface area contributed by atoms with Crippen molar-refractivity contribution in [2.24, 2.45) is 11.7 Å². The molecule has 2 heterocycles. The largest absolute Gasteiger partial charge is 0.497 e. The lowest BCUT2D eigenvalue weighted by molar-refractivity contribution is -0.143. The van der Waals surface area contributed by atoms with Crippen LogP contribution in [0.1, 0.15) is 24.8 Å². The Balaban J connectivity index is 1.55. The molecular formula is C26H33BrN4O4. The number of carbonyl (C=O) groups is 2. The quantitative estimate of drug-likeness (QED) is 0.538. The minimum atomic E-state index is -0.307. The summed E-state index contributed by atoms with van der Waals surface area (Å²) in [6.07, 6.45) is 0.819. The van der Waals surface area contributed by atoms with Gasteiger partial charge in [-0.25, -0.2) is 4.79 Å². The third-order valence-corrected chi connectivity index (χ3v) is 7.54. The van der Waals surface area contributed by atoms with E-state index in [9.17, 15) is 9.59 Å². The van der Waals surface area contributed by atoms with E-state index in [2.05, 4.69) is 50.4 Å². The molecule has 1 unspecified atom stereocenters. The van der Waals surface area contributed by atoms with Crippen LogP contribution in [-0.4, -0.2) is 73.8 Å². The summed E-state index contributed by atoms with van der Waals surface area (Å²) in [5, 5.41) is 3.02. The Labute approximate surface area is 214 Å². The zero-order valence-corrected chi connectivity index (χ0v) is 21.7. The van der Waals surface area contributed by atoms with Gasteiger partial charge in [0.2, 0.25) is 0 Å². The van der Waals surface area contributed by atoms with Crippen LogP contribution in [0.4, 0.5) is 10.5 Å². The van der Waals surface area contributed by atoms with E-state index < -0.39 is 0 Å². The number of methoxy groups -OCH3 is 1. The van der Waals surface area contributed by atoms with Crippen LogP contribution in [0.5, 0.6) is 5.75 Å². The van der Waals surface area contributed by atoms with Crippen molar-refractivity contribution in [2.45, 2.75) is 31.3 Å². The lowest BCUT2D eigenvalue weighted by Gasteiger charge is -2.58. The number of nitrogens with zero attached hydrogens (tertiary/aromatic N) is 2. The first-order valence-corrected chi connectivity index (χ1v) is 12.7. The summed E-state index contributed by atoms with van der Waals surface area (Å²) in [6.45, 7) is 4.19. The van der Waals surface area contributed by atoms with Gasteiger partial charge in [0.1, 0.15) is 5.75 Å². The molecular weight excluding hydrogens is 512 g/mol. The number of esters is 1. The summed E-state index contributed by atoms with van der Waals surface area (Å²) in [4.78, 5) is 29.1. The van der Waals surface area contributed by atoms with Crippen molar-refractivity contribution in [2.75, 3.05) is 45.2 Å². The highest BCUT2D eigenvalue weighted by Gasteiger charge is 2.49. The van der Waals surface area contributed by atoms with Gasteiger partial charge in [0.25, 0.3) is 0 Å². The number of hydrogen-bond donors (Lipinski definition) is 2. The Morgan fingerprint density at radius 2 is 1.83 bits per heavy atom. The third kappa shape index (κ3) is 5.97. The molecule has 2 aromatic carbocycles. The number of nitrogens with two attached hydrogens (primary N) is 1. The number of halogens is 1. The molecule has 35 heavy (non-hydrogen) atoms. The van der Waals surface area contributed by atoms with E-state index in [-0.39, 0.29) is 35.9 Å². The van der Waals surface area contributed by atoms with Crippen molar-refractivity contribution < 1.29 is 19.1 Å². The summed E-state index contributed by atoms with van der Waals surface area (Å²) in [5.74, 6) is 0.713. The molecule has 2 amide bonds. The number of hydrogen-bond acceptors (Lipinski definition) is 6. The van der Waals surface area contributed by atoms with Crippen LogP contribution in [0.2, 0.25) is 0 Å². The fraction of sp³-hybridized carbons (Fsp3) is 0.462. The van der Waals surface area contributed by atoms with Crippen LogP contribution < -0.4 is 15.8 Å². The summed E-state index contributed by atoms with van der Waals surface area (Å²) < 4.78 is 11.6. The Morgan fingerprint density at radius 1 is 1.11 bits per heavy atom. The molecule has 2 saturated heterocycles. The number of amides is 2. The van der Waals surface area contributed by atoms with E-state index in [0.717, 1.165) is 23.2 Å². The van der Waals surface area contributed by atoms with Crippen LogP contribution in [0.25, 0.3) is 0 Å². The molecule has 2 aromatic rings. The second-order valence-corrected chi connectivity index (χ2v) is 10.1. The Bertz CT molecular complexity index is 1020. The van der Waals surface area contributed by atoms with Crippen molar-refractivity contribution in [3.63, 3.8) is 0 Å². The lowest BCUT2D eigenvalue weighted by atomic mass is 9.73. The van der Waals surface area contributed by atoms with Gasteiger partial charge in [-0.3, -0.25) is 9.69 Å². The number of anilines is 1. The molecule has 2 aliphatic rings. The number of ether oxygens (including phenoxy) is 2. The van der Waals surface area contributed by atoms with Gasteiger partial charge in [-0.05, 0) is 54.9 Å². The normalized spacial score (nSPS) is 24.4. The SMILES string of the molecule is COc1ccc(NC(=O)N2CC(COC(C)=O)CCN3[C@H](CN)[C@H](c4ccc(Br)cc4)[C@@H]3C2)cc1. The predicted molar refractivity (Wildman–Crippen MR) is 139 cm³/mol. The van der Waals surface area contributed by atoms with Crippen LogP contribution in [0.15, 0.2) is 53.0 Å². The van der Waals surface area contributed by atoms with Gasteiger partial charge < -0.3 is 25.4 Å². The Kier molecular flexibility index (Phi) is 8.30. The number of carbonyl (C=O) groups excluding carboxylic acids is 2. The molecule has 4 rings (SSSR count). The molecule has 8 nitrogen and oxygen atoms in total. The average Bonchev–Trinajstić information content (AvgIpc) is 2.83. The molecule has 3 N–H and O–H groups in total. The van der Waals surface area contributed by atoms with Gasteiger partial charge >= 0.3 is 12.0 Å². The number of fused-ring (bicyclic) bond motifs is 1. The fourth-order valence-corrected chi connectivity index (χ4v) is 5.49. The minimum Gasteiger partial charge on any atom is -0.497 e. The molecule has 9 heteroatoms. The molecule has 0 spiro atoms. The average molecular weight is 545 g/mol. The molecule has 188 valence electrons. The number of urea groups is 1. The monoisotopic (exact) mass is 544 g/mol. The van der Waals surface area contributed by atoms with Gasteiger partial charge in [0, 0.05) is 60.6 Å². The zero-order valence-electron chi connectivity index (χ0n) is 20.2. The van der Waals surface area contributed by atoms with E-state index in [4.69, 9.17) is 15.2 Å². The highest BCUT2D eigenvalue weighted by Crippen LogP contribution is 2.42. The second-order valence-electron chi connectivity index (χ2n) is 9.21. The lowest BCUT2D eigenvalue weighted by Crippen LogP contribution is -2.69. The van der Waals surface area contributed by atoms with E-state index in [1.165, 1.54) is 12.5 Å². The van der Waals surface area contributed by atoms with Crippen LogP contribution in [0.3, 0.4) is 0 Å². The highest BCUT2D eigenvalue weighted by molar-refractivity contribution is 9.10. The van der Waals surface area contributed by atoms with Crippen molar-refractivity contribution in [3.05, 3.63) is 58.6 Å².